The Morgan fingerprint density at radius 2 is 1.95 bits per heavy atom. The molecule has 0 unspecified atom stereocenters. The summed E-state index contributed by atoms with van der Waals surface area (Å²) < 4.78 is 1.63. The summed E-state index contributed by atoms with van der Waals surface area (Å²) in [5, 5.41) is 14.5. The van der Waals surface area contributed by atoms with E-state index in [0.717, 1.165) is 0 Å². The summed E-state index contributed by atoms with van der Waals surface area (Å²) in [5.41, 5.74) is 0.205. The first-order valence-electron chi connectivity index (χ1n) is 6.95. The summed E-state index contributed by atoms with van der Waals surface area (Å²) in [6.45, 7) is 9.43. The normalized spacial score (nSPS) is 19.0. The van der Waals surface area contributed by atoms with Gasteiger partial charge in [-0.15, -0.1) is 0 Å². The van der Waals surface area contributed by atoms with Crippen molar-refractivity contribution < 1.29 is 14.7 Å². The molecule has 0 atom stereocenters. The number of aromatic carboxylic acids is 1. The zero-order valence-electron chi connectivity index (χ0n) is 12.8. The molecule has 0 spiro atoms. The lowest BCUT2D eigenvalue weighted by atomic mass is 10.0. The molecule has 0 aliphatic heterocycles. The maximum atomic E-state index is 11.8. The van der Waals surface area contributed by atoms with Crippen molar-refractivity contribution in [2.75, 3.05) is 6.54 Å². The molecule has 1 fully saturated rings. The highest BCUT2D eigenvalue weighted by molar-refractivity contribution is 5.84. The van der Waals surface area contributed by atoms with E-state index in [1.165, 1.54) is 12.5 Å². The van der Waals surface area contributed by atoms with Gasteiger partial charge in [-0.2, -0.15) is 0 Å². The third kappa shape index (κ3) is 2.86. The van der Waals surface area contributed by atoms with Crippen molar-refractivity contribution in [3.8, 4) is 0 Å². The predicted molar refractivity (Wildman–Crippen MR) is 77.1 cm³/mol. The van der Waals surface area contributed by atoms with E-state index in [2.05, 4.69) is 43.3 Å². The average Bonchev–Trinajstić information content (AvgIpc) is 2.76. The molecule has 116 valence electrons. The summed E-state index contributed by atoms with van der Waals surface area (Å²) in [4.78, 5) is 26.3. The van der Waals surface area contributed by atoms with Crippen LogP contribution in [0.15, 0.2) is 12.5 Å². The van der Waals surface area contributed by atoms with Crippen LogP contribution in [0.5, 0.6) is 0 Å². The van der Waals surface area contributed by atoms with Gasteiger partial charge in [0.05, 0.1) is 6.33 Å². The topological polar surface area (TPSA) is 96.3 Å². The van der Waals surface area contributed by atoms with Gasteiger partial charge in [0.2, 0.25) is 0 Å². The number of carbonyl (C=O) groups excluding carboxylic acids is 1. The molecule has 0 bridgehead atoms. The molecule has 0 saturated heterocycles. The number of aromatic nitrogens is 2. The first-order valence-corrected chi connectivity index (χ1v) is 6.95. The first kappa shape index (κ1) is 15.3. The van der Waals surface area contributed by atoms with Gasteiger partial charge in [0.25, 0.3) is 0 Å². The van der Waals surface area contributed by atoms with Crippen LogP contribution in [0.2, 0.25) is 0 Å². The van der Waals surface area contributed by atoms with Crippen molar-refractivity contribution in [2.24, 2.45) is 10.8 Å². The van der Waals surface area contributed by atoms with E-state index < -0.39 is 5.97 Å². The van der Waals surface area contributed by atoms with Gasteiger partial charge in [-0.3, -0.25) is 0 Å². The fourth-order valence-corrected chi connectivity index (χ4v) is 2.63. The zero-order chi connectivity index (χ0) is 15.8. The molecule has 7 heteroatoms. The fourth-order valence-electron chi connectivity index (χ4n) is 2.63. The van der Waals surface area contributed by atoms with Crippen LogP contribution in [-0.4, -0.2) is 39.2 Å². The summed E-state index contributed by atoms with van der Waals surface area (Å²) in [7, 11) is 0. The highest BCUT2D eigenvalue weighted by Crippen LogP contribution is 2.62. The van der Waals surface area contributed by atoms with Crippen LogP contribution >= 0.6 is 0 Å². The van der Waals surface area contributed by atoms with Crippen LogP contribution in [0.3, 0.4) is 0 Å². The second-order valence-electron chi connectivity index (χ2n) is 6.58. The number of hydrogen-bond donors (Lipinski definition) is 3. The molecule has 1 aliphatic carbocycles. The Morgan fingerprint density at radius 3 is 2.43 bits per heavy atom. The minimum atomic E-state index is -1.06. The number of urea groups is 1. The number of imidazole rings is 1. The number of nitrogens with zero attached hydrogens (tertiary/aromatic N) is 2. The zero-order valence-corrected chi connectivity index (χ0v) is 12.8. The molecule has 21 heavy (non-hydrogen) atoms. The van der Waals surface area contributed by atoms with Gasteiger partial charge in [-0.25, -0.2) is 14.6 Å². The van der Waals surface area contributed by atoms with Gasteiger partial charge >= 0.3 is 12.0 Å². The Hall–Kier alpha value is -2.05. The molecular weight excluding hydrogens is 272 g/mol. The molecule has 1 aromatic rings. The van der Waals surface area contributed by atoms with Crippen molar-refractivity contribution in [1.29, 1.82) is 0 Å². The molecule has 3 N–H and O–H groups in total. The summed E-state index contributed by atoms with van der Waals surface area (Å²) >= 11 is 0. The standard InChI is InChI=1S/C14H22N4O3/c1-13(2)11(14(13,3)4)17-12(21)15-5-6-18-7-9(10(19)20)16-8-18/h7-8,11H,5-6H2,1-4H3,(H,19,20)(H2,15,17,21). The number of hydrogen-bond acceptors (Lipinski definition) is 3. The molecular formula is C14H22N4O3. The smallest absolute Gasteiger partial charge is 0.356 e. The van der Waals surface area contributed by atoms with Gasteiger partial charge in [0.15, 0.2) is 5.69 Å². The molecule has 2 amide bonds. The Labute approximate surface area is 123 Å². The van der Waals surface area contributed by atoms with E-state index in [9.17, 15) is 9.59 Å². The monoisotopic (exact) mass is 294 g/mol. The van der Waals surface area contributed by atoms with Crippen molar-refractivity contribution in [3.63, 3.8) is 0 Å². The second-order valence-corrected chi connectivity index (χ2v) is 6.58. The van der Waals surface area contributed by atoms with E-state index in [4.69, 9.17) is 5.11 Å². The molecule has 1 aromatic heterocycles. The van der Waals surface area contributed by atoms with Crippen molar-refractivity contribution in [2.45, 2.75) is 40.3 Å². The largest absolute Gasteiger partial charge is 0.476 e. The quantitative estimate of drug-likeness (QED) is 0.763. The highest BCUT2D eigenvalue weighted by Gasteiger charge is 2.65. The number of carbonyl (C=O) groups is 2. The summed E-state index contributed by atoms with van der Waals surface area (Å²) in [5.74, 6) is -1.06. The second kappa shape index (κ2) is 5.05. The third-order valence-corrected chi connectivity index (χ3v) is 4.80. The minimum Gasteiger partial charge on any atom is -0.476 e. The van der Waals surface area contributed by atoms with Crippen LogP contribution in [0.25, 0.3) is 0 Å². The van der Waals surface area contributed by atoms with Crippen molar-refractivity contribution in [3.05, 3.63) is 18.2 Å². The summed E-state index contributed by atoms with van der Waals surface area (Å²) in [6.07, 6.45) is 2.88. The molecule has 2 rings (SSSR count). The Kier molecular flexibility index (Phi) is 3.69. The Morgan fingerprint density at radius 1 is 1.33 bits per heavy atom. The van der Waals surface area contributed by atoms with E-state index >= 15 is 0 Å². The number of carboxylic acid groups (broad SMARTS) is 1. The lowest BCUT2D eigenvalue weighted by molar-refractivity contribution is 0.0691. The molecule has 1 heterocycles. The lowest BCUT2D eigenvalue weighted by Crippen LogP contribution is -2.40. The first-order chi connectivity index (χ1) is 9.66. The van der Waals surface area contributed by atoms with Gasteiger partial charge in [-0.1, -0.05) is 27.7 Å². The third-order valence-electron chi connectivity index (χ3n) is 4.80. The summed E-state index contributed by atoms with van der Waals surface area (Å²) in [6, 6.07) is -0.0333. The van der Waals surface area contributed by atoms with Crippen LogP contribution < -0.4 is 10.6 Å². The van der Waals surface area contributed by atoms with E-state index in [1.807, 2.05) is 0 Å². The van der Waals surface area contributed by atoms with Crippen LogP contribution in [-0.2, 0) is 6.54 Å². The maximum absolute atomic E-state index is 11.8. The average molecular weight is 294 g/mol. The number of amides is 2. The van der Waals surface area contributed by atoms with Crippen LogP contribution in [0.4, 0.5) is 4.79 Å². The SMILES string of the molecule is CC1(C)C(NC(=O)NCCn2cnc(C(=O)O)c2)C1(C)C. The van der Waals surface area contributed by atoms with Gasteiger partial charge < -0.3 is 20.3 Å². The van der Waals surface area contributed by atoms with Crippen molar-refractivity contribution in [1.82, 2.24) is 20.2 Å². The highest BCUT2D eigenvalue weighted by atomic mass is 16.4. The van der Waals surface area contributed by atoms with Crippen LogP contribution in [0.1, 0.15) is 38.2 Å². The Balaban J connectivity index is 1.74. The minimum absolute atomic E-state index is 0.000862. The van der Waals surface area contributed by atoms with Crippen molar-refractivity contribution >= 4 is 12.0 Å². The molecule has 0 radical (unpaired) electrons. The van der Waals surface area contributed by atoms with E-state index in [1.54, 1.807) is 4.57 Å². The van der Waals surface area contributed by atoms with Gasteiger partial charge in [0, 0.05) is 25.3 Å². The fraction of sp³-hybridized carbons (Fsp3) is 0.643. The molecule has 7 nitrogen and oxygen atoms in total. The number of nitrogens with one attached hydrogen (secondary N) is 2. The Bertz CT molecular complexity index is 548. The predicted octanol–water partition coefficient (Wildman–Crippen LogP) is 1.32. The molecule has 0 aromatic carbocycles. The number of rotatable bonds is 5. The van der Waals surface area contributed by atoms with Crippen LogP contribution in [0, 0.1) is 10.8 Å². The lowest BCUT2D eigenvalue weighted by Gasteiger charge is -2.09. The molecule has 1 saturated carbocycles. The number of carboxylic acids is 1. The van der Waals surface area contributed by atoms with Gasteiger partial charge in [0.1, 0.15) is 0 Å². The van der Waals surface area contributed by atoms with Gasteiger partial charge in [-0.05, 0) is 10.8 Å². The maximum Gasteiger partial charge on any atom is 0.356 e. The van der Waals surface area contributed by atoms with E-state index in [-0.39, 0.29) is 28.6 Å². The van der Waals surface area contributed by atoms with E-state index in [0.29, 0.717) is 13.1 Å². The molecule has 1 aliphatic rings.